The Morgan fingerprint density at radius 1 is 1.18 bits per heavy atom. The Morgan fingerprint density at radius 2 is 1.77 bits per heavy atom. The molecule has 0 aromatic rings. The first-order valence-electron chi connectivity index (χ1n) is 6.70. The Hall–Kier alpha value is -0.370. The van der Waals surface area contributed by atoms with Crippen LogP contribution < -0.4 is 0 Å². The molecule has 0 aromatic heterocycles. The number of hydrogen-bond donors (Lipinski definition) is 7. The Bertz CT molecular complexity index is 440. The van der Waals surface area contributed by atoms with Gasteiger partial charge in [0.1, 0.15) is 12.2 Å². The average molecular weight is 346 g/mol. The maximum Gasteiger partial charge on any atom is 0.397 e. The molecule has 0 saturated heterocycles. The quantitative estimate of drug-likeness (QED) is 0.219. The molecule has 1 saturated carbocycles. The molecular weight excluding hydrogens is 324 g/mol. The lowest BCUT2D eigenvalue weighted by Gasteiger charge is -2.27. The van der Waals surface area contributed by atoms with Crippen LogP contribution in [0.15, 0.2) is 0 Å². The lowest BCUT2D eigenvalue weighted by molar-refractivity contribution is -0.0766. The summed E-state index contributed by atoms with van der Waals surface area (Å²) in [6.45, 7) is -1.41. The Labute approximate surface area is 127 Å². The molecule has 132 valence electrons. The van der Waals surface area contributed by atoms with E-state index in [2.05, 4.69) is 4.18 Å². The molecule has 22 heavy (non-hydrogen) atoms. The Kier molecular flexibility index (Phi) is 7.11. The van der Waals surface area contributed by atoms with E-state index >= 15 is 0 Å². The van der Waals surface area contributed by atoms with Crippen LogP contribution in [0, 0.1) is 11.8 Å². The Balaban J connectivity index is 2.68. The summed E-state index contributed by atoms with van der Waals surface area (Å²) in [6.07, 6.45) is -7.49. The van der Waals surface area contributed by atoms with E-state index in [1.54, 1.807) is 0 Å². The highest BCUT2D eigenvalue weighted by atomic mass is 32.3. The molecule has 0 spiro atoms. The molecule has 1 rings (SSSR count). The van der Waals surface area contributed by atoms with Gasteiger partial charge < -0.3 is 30.6 Å². The zero-order valence-electron chi connectivity index (χ0n) is 11.6. The standard InChI is InChI=1S/C11H22O10S/c12-3-6-5(1-7(14)10(6)16)2-8(15)11(17)9(4-13)21-22(18,19)20/h5-17H,1-4H2,(H,18,19,20)/t5-,6-,7+,8-,9+,10+,11+/m0/s1. The van der Waals surface area contributed by atoms with Gasteiger partial charge in [0.25, 0.3) is 0 Å². The number of hydrogen-bond acceptors (Lipinski definition) is 9. The zero-order chi connectivity index (χ0) is 17.1. The first-order valence-corrected chi connectivity index (χ1v) is 8.06. The molecule has 0 bridgehead atoms. The highest BCUT2D eigenvalue weighted by Crippen LogP contribution is 2.36. The zero-order valence-corrected chi connectivity index (χ0v) is 12.4. The van der Waals surface area contributed by atoms with Crippen molar-refractivity contribution >= 4 is 10.4 Å². The molecule has 7 N–H and O–H groups in total. The third kappa shape index (κ3) is 5.08. The summed E-state index contributed by atoms with van der Waals surface area (Å²) in [6, 6.07) is 0. The van der Waals surface area contributed by atoms with Gasteiger partial charge in [0, 0.05) is 12.5 Å². The molecule has 10 nitrogen and oxygen atoms in total. The van der Waals surface area contributed by atoms with Crippen LogP contribution in [0.2, 0.25) is 0 Å². The SMILES string of the molecule is O=S(=O)(O)O[C@H](CO)[C@H](O)[C@@H](O)C[C@@H]1C[C@@H](O)[C@H](O)[C@H]1CO. The van der Waals surface area contributed by atoms with Crippen molar-refractivity contribution in [2.75, 3.05) is 13.2 Å². The van der Waals surface area contributed by atoms with Gasteiger partial charge in [-0.05, 0) is 18.8 Å². The summed E-state index contributed by atoms with van der Waals surface area (Å²) in [7, 11) is -4.93. The molecule has 0 radical (unpaired) electrons. The predicted octanol–water partition coefficient (Wildman–Crippen LogP) is -3.37. The summed E-state index contributed by atoms with van der Waals surface area (Å²) in [5.41, 5.74) is 0. The molecule has 0 aromatic carbocycles. The van der Waals surface area contributed by atoms with Gasteiger partial charge in [0.05, 0.1) is 24.9 Å². The van der Waals surface area contributed by atoms with Crippen molar-refractivity contribution < 1.29 is 47.8 Å². The molecule has 0 aliphatic heterocycles. The van der Waals surface area contributed by atoms with Gasteiger partial charge >= 0.3 is 10.4 Å². The van der Waals surface area contributed by atoms with Crippen molar-refractivity contribution in [3.8, 4) is 0 Å². The second kappa shape index (κ2) is 7.95. The lowest BCUT2D eigenvalue weighted by Crippen LogP contribution is -2.43. The fourth-order valence-electron chi connectivity index (χ4n) is 2.77. The van der Waals surface area contributed by atoms with Gasteiger partial charge in [-0.2, -0.15) is 8.42 Å². The molecule has 1 aliphatic rings. The second-order valence-corrected chi connectivity index (χ2v) is 6.49. The first-order chi connectivity index (χ1) is 10.1. The third-order valence-corrected chi connectivity index (χ3v) is 4.43. The van der Waals surface area contributed by atoms with Gasteiger partial charge in [-0.25, -0.2) is 4.18 Å². The molecule has 0 unspecified atom stereocenters. The van der Waals surface area contributed by atoms with Gasteiger partial charge in [-0.3, -0.25) is 4.55 Å². The molecule has 0 heterocycles. The van der Waals surface area contributed by atoms with Gasteiger partial charge in [0.15, 0.2) is 0 Å². The fraction of sp³-hybridized carbons (Fsp3) is 1.00. The van der Waals surface area contributed by atoms with E-state index < -0.39 is 66.0 Å². The third-order valence-electron chi connectivity index (χ3n) is 3.94. The van der Waals surface area contributed by atoms with Crippen molar-refractivity contribution in [2.24, 2.45) is 11.8 Å². The number of aliphatic hydroxyl groups is 6. The van der Waals surface area contributed by atoms with E-state index in [0.717, 1.165) is 0 Å². The van der Waals surface area contributed by atoms with Gasteiger partial charge in [-0.1, -0.05) is 0 Å². The van der Waals surface area contributed by atoms with E-state index in [4.69, 9.17) is 9.66 Å². The second-order valence-electron chi connectivity index (χ2n) is 5.44. The molecule has 1 fully saturated rings. The van der Waals surface area contributed by atoms with E-state index in [1.807, 2.05) is 0 Å². The van der Waals surface area contributed by atoms with Crippen LogP contribution in [0.1, 0.15) is 12.8 Å². The topological polar surface area (TPSA) is 185 Å². The van der Waals surface area contributed by atoms with Crippen LogP contribution in [0.5, 0.6) is 0 Å². The highest BCUT2D eigenvalue weighted by Gasteiger charge is 2.43. The highest BCUT2D eigenvalue weighted by molar-refractivity contribution is 7.80. The van der Waals surface area contributed by atoms with Gasteiger partial charge in [0.2, 0.25) is 0 Å². The largest absolute Gasteiger partial charge is 0.397 e. The Morgan fingerprint density at radius 3 is 2.23 bits per heavy atom. The van der Waals surface area contributed by atoms with E-state index in [1.165, 1.54) is 0 Å². The van der Waals surface area contributed by atoms with Gasteiger partial charge in [-0.15, -0.1) is 0 Å². The van der Waals surface area contributed by atoms with Crippen molar-refractivity contribution in [3.05, 3.63) is 0 Å². The monoisotopic (exact) mass is 346 g/mol. The van der Waals surface area contributed by atoms with Crippen molar-refractivity contribution in [3.63, 3.8) is 0 Å². The number of aliphatic hydroxyl groups excluding tert-OH is 6. The van der Waals surface area contributed by atoms with Crippen LogP contribution in [0.4, 0.5) is 0 Å². The maximum absolute atomic E-state index is 10.6. The summed E-state index contributed by atoms with van der Waals surface area (Å²) < 4.78 is 33.8. The normalized spacial score (nSPS) is 33.6. The average Bonchev–Trinajstić information content (AvgIpc) is 2.68. The van der Waals surface area contributed by atoms with E-state index in [-0.39, 0.29) is 12.8 Å². The summed E-state index contributed by atoms with van der Waals surface area (Å²) >= 11 is 0. The first kappa shape index (κ1) is 19.7. The minimum Gasteiger partial charge on any atom is -0.396 e. The predicted molar refractivity (Wildman–Crippen MR) is 70.8 cm³/mol. The smallest absolute Gasteiger partial charge is 0.396 e. The van der Waals surface area contributed by atoms with Crippen molar-refractivity contribution in [2.45, 2.75) is 43.4 Å². The van der Waals surface area contributed by atoms with Crippen LogP contribution in [-0.2, 0) is 14.6 Å². The van der Waals surface area contributed by atoms with E-state index in [9.17, 15) is 34.0 Å². The molecule has 7 atom stereocenters. The minimum absolute atomic E-state index is 0.0825. The lowest BCUT2D eigenvalue weighted by atomic mass is 9.88. The molecule has 11 heteroatoms. The summed E-state index contributed by atoms with van der Waals surface area (Å²) in [4.78, 5) is 0. The minimum atomic E-state index is -4.93. The molecule has 1 aliphatic carbocycles. The van der Waals surface area contributed by atoms with Crippen LogP contribution in [-0.4, -0.2) is 87.3 Å². The summed E-state index contributed by atoms with van der Waals surface area (Å²) in [5.74, 6) is -1.23. The fourth-order valence-corrected chi connectivity index (χ4v) is 3.25. The number of rotatable bonds is 8. The van der Waals surface area contributed by atoms with Crippen molar-refractivity contribution in [1.82, 2.24) is 0 Å². The molecule has 0 amide bonds. The summed E-state index contributed by atoms with van der Waals surface area (Å²) in [5, 5.41) is 57.0. The van der Waals surface area contributed by atoms with Crippen LogP contribution >= 0.6 is 0 Å². The van der Waals surface area contributed by atoms with Crippen LogP contribution in [0.25, 0.3) is 0 Å². The maximum atomic E-state index is 10.6. The van der Waals surface area contributed by atoms with E-state index in [0.29, 0.717) is 0 Å². The molecular formula is C11H22O10S. The van der Waals surface area contributed by atoms with Crippen LogP contribution in [0.3, 0.4) is 0 Å². The van der Waals surface area contributed by atoms with Crippen molar-refractivity contribution in [1.29, 1.82) is 0 Å².